The average molecular weight is 522 g/mol. The van der Waals surface area contributed by atoms with Gasteiger partial charge in [0.1, 0.15) is 5.75 Å². The van der Waals surface area contributed by atoms with E-state index < -0.39 is 21.8 Å². The molecule has 190 valence electrons. The summed E-state index contributed by atoms with van der Waals surface area (Å²) in [6.45, 7) is 0. The number of ether oxygens (including phenoxy) is 1. The predicted octanol–water partition coefficient (Wildman–Crippen LogP) is 1.84. The zero-order chi connectivity index (χ0) is 26.7. The average Bonchev–Trinajstić information content (AvgIpc) is 2.93. The maximum absolute atomic E-state index is 13.1. The summed E-state index contributed by atoms with van der Waals surface area (Å²) in [5.41, 5.74) is 4.62. The molecule has 0 aliphatic rings. The number of carbonyl (C=O) groups is 2. The van der Waals surface area contributed by atoms with Gasteiger partial charge in [-0.2, -0.15) is 5.10 Å². The number of fused-ring (bicyclic) bond motifs is 1. The lowest BCUT2D eigenvalue weighted by Crippen LogP contribution is -2.42. The number of benzene rings is 3. The molecule has 0 spiro atoms. The molecule has 4 rings (SSSR count). The lowest BCUT2D eigenvalue weighted by Gasteiger charge is -2.21. The Morgan fingerprint density at radius 2 is 1.49 bits per heavy atom. The van der Waals surface area contributed by atoms with Crippen LogP contribution in [-0.4, -0.2) is 44.2 Å². The van der Waals surface area contributed by atoms with Gasteiger partial charge in [-0.1, -0.05) is 30.3 Å². The third-order valence-electron chi connectivity index (χ3n) is 5.66. The molecule has 0 unspecified atom stereocenters. The number of hydrogen-bond donors (Lipinski definition) is 2. The number of aromatic nitrogens is 2. The summed E-state index contributed by atoms with van der Waals surface area (Å²) in [7, 11) is 0.331. The van der Waals surface area contributed by atoms with E-state index >= 15 is 0 Å². The van der Waals surface area contributed by atoms with Crippen LogP contribution in [0.3, 0.4) is 0 Å². The van der Waals surface area contributed by atoms with Crippen molar-refractivity contribution >= 4 is 38.3 Å². The Morgan fingerprint density at radius 3 is 2.16 bits per heavy atom. The van der Waals surface area contributed by atoms with E-state index in [1.54, 1.807) is 48.5 Å². The second-order valence-electron chi connectivity index (χ2n) is 7.90. The number of nitrogens with one attached hydrogen (secondary N) is 2. The molecule has 2 amide bonds. The van der Waals surface area contributed by atoms with Gasteiger partial charge in [0.05, 0.1) is 23.1 Å². The van der Waals surface area contributed by atoms with Crippen molar-refractivity contribution in [3.05, 3.63) is 94.4 Å². The quantitative estimate of drug-likeness (QED) is 0.369. The number of amides is 2. The third kappa shape index (κ3) is 4.86. The molecule has 4 aromatic rings. The van der Waals surface area contributed by atoms with E-state index in [0.717, 1.165) is 8.99 Å². The van der Waals surface area contributed by atoms with Crippen LogP contribution in [-0.2, 0) is 17.1 Å². The lowest BCUT2D eigenvalue weighted by atomic mass is 10.1. The molecule has 0 fully saturated rings. The van der Waals surface area contributed by atoms with Crippen LogP contribution in [0.25, 0.3) is 10.8 Å². The van der Waals surface area contributed by atoms with Gasteiger partial charge in [-0.25, -0.2) is 13.1 Å². The Kier molecular flexibility index (Phi) is 6.94. The highest BCUT2D eigenvalue weighted by Gasteiger charge is 2.24. The number of anilines is 1. The summed E-state index contributed by atoms with van der Waals surface area (Å²) in [5.74, 6) is -1.01. The molecular weight excluding hydrogens is 498 g/mol. The van der Waals surface area contributed by atoms with E-state index in [-0.39, 0.29) is 21.7 Å². The molecule has 2 N–H and O–H groups in total. The molecule has 0 saturated heterocycles. The molecule has 37 heavy (non-hydrogen) atoms. The molecule has 0 saturated carbocycles. The lowest BCUT2D eigenvalue weighted by molar-refractivity contribution is 0.0844. The van der Waals surface area contributed by atoms with Crippen molar-refractivity contribution in [1.82, 2.24) is 20.6 Å². The number of carbonyl (C=O) groups excluding carboxylic acids is 2. The largest absolute Gasteiger partial charge is 0.495 e. The van der Waals surface area contributed by atoms with E-state index in [0.29, 0.717) is 22.2 Å². The van der Waals surface area contributed by atoms with E-state index in [2.05, 4.69) is 16.0 Å². The minimum Gasteiger partial charge on any atom is -0.495 e. The molecule has 3 aromatic carbocycles. The molecule has 11 nitrogen and oxygen atoms in total. The fourth-order valence-electron chi connectivity index (χ4n) is 3.67. The van der Waals surface area contributed by atoms with E-state index in [4.69, 9.17) is 4.74 Å². The number of sulfonamides is 1. The molecule has 0 bridgehead atoms. The normalized spacial score (nSPS) is 11.1. The van der Waals surface area contributed by atoms with Crippen LogP contribution >= 0.6 is 0 Å². The Hall–Kier alpha value is -4.71. The fourth-order valence-corrected chi connectivity index (χ4v) is 4.87. The van der Waals surface area contributed by atoms with E-state index in [1.807, 2.05) is 0 Å². The second-order valence-corrected chi connectivity index (χ2v) is 9.87. The number of para-hydroxylation sites is 2. The van der Waals surface area contributed by atoms with Crippen LogP contribution in [0.15, 0.2) is 82.5 Å². The fraction of sp³-hybridized carbons (Fsp3) is 0.120. The number of aryl methyl sites for hydroxylation is 1. The summed E-state index contributed by atoms with van der Waals surface area (Å²) in [6, 6.07) is 18.4. The number of methoxy groups -OCH3 is 1. The van der Waals surface area contributed by atoms with Crippen LogP contribution in [0.5, 0.6) is 5.75 Å². The van der Waals surface area contributed by atoms with Gasteiger partial charge < -0.3 is 4.74 Å². The molecule has 12 heteroatoms. The molecule has 0 radical (unpaired) electrons. The smallest absolute Gasteiger partial charge is 0.290 e. The summed E-state index contributed by atoms with van der Waals surface area (Å²) in [4.78, 5) is 37.5. The third-order valence-corrected chi connectivity index (χ3v) is 7.45. The number of nitrogens with zero attached hydrogens (tertiary/aromatic N) is 3. The van der Waals surface area contributed by atoms with Crippen molar-refractivity contribution in [3.8, 4) is 5.75 Å². The summed E-state index contributed by atoms with van der Waals surface area (Å²) in [6.07, 6.45) is 0. The van der Waals surface area contributed by atoms with Crippen molar-refractivity contribution in [1.29, 1.82) is 0 Å². The molecule has 0 aliphatic carbocycles. The van der Waals surface area contributed by atoms with Gasteiger partial charge in [-0.3, -0.25) is 29.5 Å². The Labute approximate surface area is 212 Å². The zero-order valence-corrected chi connectivity index (χ0v) is 20.9. The topological polar surface area (TPSA) is 140 Å². The van der Waals surface area contributed by atoms with Crippen molar-refractivity contribution in [3.63, 3.8) is 0 Å². The Morgan fingerprint density at radius 1 is 0.892 bits per heavy atom. The molecule has 0 aliphatic heterocycles. The SMILES string of the molecule is COc1ccccc1N(C)S(=O)(=O)c1ccc(C(=O)NNC(=O)c2nn(C)c(=O)c3ccccc23)cc1. The van der Waals surface area contributed by atoms with Crippen LogP contribution in [0.2, 0.25) is 0 Å². The molecular formula is C25H23N5O6S. The number of hydrogen-bond acceptors (Lipinski definition) is 7. The summed E-state index contributed by atoms with van der Waals surface area (Å²) in [5, 5.41) is 4.65. The van der Waals surface area contributed by atoms with Crippen molar-refractivity contribution in [2.45, 2.75) is 4.90 Å². The first-order valence-corrected chi connectivity index (χ1v) is 12.4. The highest BCUT2D eigenvalue weighted by atomic mass is 32.2. The van der Waals surface area contributed by atoms with E-state index in [9.17, 15) is 22.8 Å². The van der Waals surface area contributed by atoms with Gasteiger partial charge in [0.2, 0.25) is 0 Å². The van der Waals surface area contributed by atoms with Crippen LogP contribution in [0, 0.1) is 0 Å². The van der Waals surface area contributed by atoms with Gasteiger partial charge >= 0.3 is 0 Å². The maximum atomic E-state index is 13.1. The Bertz CT molecular complexity index is 1670. The van der Waals surface area contributed by atoms with Crippen LogP contribution in [0.4, 0.5) is 5.69 Å². The maximum Gasteiger partial charge on any atom is 0.290 e. The summed E-state index contributed by atoms with van der Waals surface area (Å²) < 4.78 is 33.6. The van der Waals surface area contributed by atoms with Gasteiger partial charge in [-0.05, 0) is 42.5 Å². The number of rotatable bonds is 6. The first-order valence-electron chi connectivity index (χ1n) is 10.9. The van der Waals surface area contributed by atoms with Gasteiger partial charge in [0.25, 0.3) is 27.4 Å². The van der Waals surface area contributed by atoms with Crippen molar-refractivity contribution < 1.29 is 22.7 Å². The first-order chi connectivity index (χ1) is 17.6. The standard InChI is InChI=1S/C25H23N5O6S/c1-29-25(33)19-9-5-4-8-18(19)22(28-29)24(32)27-26-23(31)16-12-14-17(15-13-16)37(34,35)30(2)20-10-6-7-11-21(20)36-3/h4-15H,1-3H3,(H,26,31)(H,27,32). The highest BCUT2D eigenvalue weighted by molar-refractivity contribution is 7.92. The highest BCUT2D eigenvalue weighted by Crippen LogP contribution is 2.30. The van der Waals surface area contributed by atoms with Crippen LogP contribution < -0.4 is 25.5 Å². The predicted molar refractivity (Wildman–Crippen MR) is 137 cm³/mol. The van der Waals surface area contributed by atoms with Gasteiger partial charge in [0, 0.05) is 25.0 Å². The minimum atomic E-state index is -3.94. The monoisotopic (exact) mass is 521 g/mol. The second kappa shape index (κ2) is 10.1. The number of hydrazine groups is 1. The van der Waals surface area contributed by atoms with Gasteiger partial charge in [-0.15, -0.1) is 0 Å². The molecule has 0 atom stereocenters. The van der Waals surface area contributed by atoms with Gasteiger partial charge in [0.15, 0.2) is 5.69 Å². The summed E-state index contributed by atoms with van der Waals surface area (Å²) >= 11 is 0. The van der Waals surface area contributed by atoms with Crippen LogP contribution in [0.1, 0.15) is 20.8 Å². The minimum absolute atomic E-state index is 0.0395. The Balaban J connectivity index is 1.49. The molecule has 1 heterocycles. The van der Waals surface area contributed by atoms with Crippen molar-refractivity contribution in [2.24, 2.45) is 7.05 Å². The van der Waals surface area contributed by atoms with Crippen molar-refractivity contribution in [2.75, 3.05) is 18.5 Å². The van der Waals surface area contributed by atoms with E-state index in [1.165, 1.54) is 45.5 Å². The molecule has 1 aromatic heterocycles. The first kappa shape index (κ1) is 25.4. The zero-order valence-electron chi connectivity index (χ0n) is 20.1.